The van der Waals surface area contributed by atoms with E-state index in [2.05, 4.69) is 20.0 Å². The van der Waals surface area contributed by atoms with E-state index in [0.717, 1.165) is 52.8 Å². The molecule has 0 amide bonds. The molecule has 0 aromatic carbocycles. The molecule has 1 aliphatic rings. The first-order chi connectivity index (χ1) is 11.5. The van der Waals surface area contributed by atoms with Crippen LogP contribution >= 0.6 is 11.3 Å². The Hall–Kier alpha value is -2.22. The van der Waals surface area contributed by atoms with Crippen molar-refractivity contribution in [2.45, 2.75) is 32.6 Å². The van der Waals surface area contributed by atoms with Gasteiger partial charge in [0.15, 0.2) is 10.8 Å². The molecule has 4 rings (SSSR count). The van der Waals surface area contributed by atoms with Crippen molar-refractivity contribution in [1.82, 2.24) is 24.7 Å². The van der Waals surface area contributed by atoms with E-state index in [4.69, 9.17) is 4.98 Å². The molecule has 0 unspecified atom stereocenters. The minimum absolute atomic E-state index is 0.0729. The van der Waals surface area contributed by atoms with Gasteiger partial charge in [0.1, 0.15) is 5.82 Å². The van der Waals surface area contributed by atoms with Crippen molar-refractivity contribution < 1.29 is 0 Å². The number of fused-ring (bicyclic) bond motifs is 1. The molecule has 0 spiro atoms. The summed E-state index contributed by atoms with van der Waals surface area (Å²) < 4.78 is 2.99. The van der Waals surface area contributed by atoms with Gasteiger partial charge in [-0.2, -0.15) is 5.10 Å². The Bertz CT molecular complexity index is 921. The fourth-order valence-electron chi connectivity index (χ4n) is 3.41. The highest BCUT2D eigenvalue weighted by molar-refractivity contribution is 7.22. The topological polar surface area (TPSA) is 79.7 Å². The molecule has 0 radical (unpaired) electrons. The third-order valence-corrected chi connectivity index (χ3v) is 5.74. The summed E-state index contributed by atoms with van der Waals surface area (Å²) in [4.78, 5) is 26.1. The van der Waals surface area contributed by atoms with E-state index in [1.165, 1.54) is 0 Å². The number of aryl methyl sites for hydroxylation is 3. The Morgan fingerprint density at radius 2 is 2.17 bits per heavy atom. The number of anilines is 1. The quantitative estimate of drug-likeness (QED) is 0.770. The van der Waals surface area contributed by atoms with Crippen LogP contribution in [-0.2, 0) is 7.05 Å². The van der Waals surface area contributed by atoms with Gasteiger partial charge in [0.25, 0.3) is 5.56 Å². The van der Waals surface area contributed by atoms with Crippen molar-refractivity contribution in [3.05, 3.63) is 33.6 Å². The highest BCUT2D eigenvalue weighted by atomic mass is 32.1. The lowest BCUT2D eigenvalue weighted by Crippen LogP contribution is -2.35. The lowest BCUT2D eigenvalue weighted by Gasteiger charge is -2.32. The molecule has 1 fully saturated rings. The van der Waals surface area contributed by atoms with Gasteiger partial charge in [0, 0.05) is 32.1 Å². The molecule has 126 valence electrons. The number of aromatic nitrogens is 5. The first-order valence-corrected chi connectivity index (χ1v) is 8.96. The molecule has 4 heterocycles. The first-order valence-electron chi connectivity index (χ1n) is 8.14. The highest BCUT2D eigenvalue weighted by Gasteiger charge is 2.26. The third kappa shape index (κ3) is 2.60. The lowest BCUT2D eigenvalue weighted by atomic mass is 9.95. The van der Waals surface area contributed by atoms with Gasteiger partial charge in [-0.3, -0.25) is 4.79 Å². The zero-order valence-corrected chi connectivity index (χ0v) is 14.9. The highest BCUT2D eigenvalue weighted by Crippen LogP contribution is 2.34. The number of H-pyrrole nitrogens is 1. The van der Waals surface area contributed by atoms with Crippen LogP contribution in [0.4, 0.5) is 5.13 Å². The average molecular weight is 344 g/mol. The van der Waals surface area contributed by atoms with Crippen molar-refractivity contribution in [3.8, 4) is 0 Å². The lowest BCUT2D eigenvalue weighted by molar-refractivity contribution is 0.499. The van der Waals surface area contributed by atoms with Crippen LogP contribution in [0.5, 0.6) is 0 Å². The summed E-state index contributed by atoms with van der Waals surface area (Å²) >= 11 is 1.70. The molecule has 24 heavy (non-hydrogen) atoms. The van der Waals surface area contributed by atoms with Gasteiger partial charge in [-0.15, -0.1) is 0 Å². The molecule has 8 heteroatoms. The molecule has 0 aliphatic carbocycles. The molecule has 1 aliphatic heterocycles. The van der Waals surface area contributed by atoms with Crippen LogP contribution in [0.3, 0.4) is 0 Å². The van der Waals surface area contributed by atoms with Crippen molar-refractivity contribution in [2.24, 2.45) is 7.05 Å². The maximum absolute atomic E-state index is 11.7. The number of thiazole rings is 1. The van der Waals surface area contributed by atoms with Gasteiger partial charge in [0.2, 0.25) is 0 Å². The summed E-state index contributed by atoms with van der Waals surface area (Å²) in [6, 6.07) is 1.63. The number of nitrogens with zero attached hydrogens (tertiary/aromatic N) is 5. The monoisotopic (exact) mass is 344 g/mol. The normalized spacial score (nSPS) is 18.5. The van der Waals surface area contributed by atoms with Crippen LogP contribution in [0.15, 0.2) is 10.9 Å². The zero-order valence-electron chi connectivity index (χ0n) is 14.0. The van der Waals surface area contributed by atoms with Gasteiger partial charge in [-0.25, -0.2) is 14.6 Å². The van der Waals surface area contributed by atoms with Crippen LogP contribution in [0, 0.1) is 13.8 Å². The number of piperidine rings is 1. The van der Waals surface area contributed by atoms with Crippen LogP contribution in [-0.4, -0.2) is 37.8 Å². The van der Waals surface area contributed by atoms with Crippen molar-refractivity contribution in [2.75, 3.05) is 18.0 Å². The summed E-state index contributed by atoms with van der Waals surface area (Å²) in [6.07, 6.45) is 2.13. The van der Waals surface area contributed by atoms with Crippen LogP contribution in [0.2, 0.25) is 0 Å². The summed E-state index contributed by atoms with van der Waals surface area (Å²) in [5, 5.41) is 5.45. The van der Waals surface area contributed by atoms with E-state index < -0.39 is 0 Å². The Morgan fingerprint density at radius 3 is 2.92 bits per heavy atom. The summed E-state index contributed by atoms with van der Waals surface area (Å²) in [5.74, 6) is 0.947. The second-order valence-electron chi connectivity index (χ2n) is 6.40. The fraction of sp³-hybridized carbons (Fsp3) is 0.500. The van der Waals surface area contributed by atoms with E-state index in [1.807, 2.05) is 25.6 Å². The Morgan fingerprint density at radius 1 is 1.33 bits per heavy atom. The number of hydrogen-bond acceptors (Lipinski definition) is 6. The molecule has 1 N–H and O–H groups in total. The minimum atomic E-state index is -0.0729. The molecule has 0 bridgehead atoms. The van der Waals surface area contributed by atoms with Gasteiger partial charge < -0.3 is 9.88 Å². The Balaban J connectivity index is 1.64. The molecular formula is C16H20N6OS. The van der Waals surface area contributed by atoms with Crippen molar-refractivity contribution in [3.63, 3.8) is 0 Å². The molecule has 1 saturated heterocycles. The van der Waals surface area contributed by atoms with Crippen LogP contribution < -0.4 is 10.5 Å². The van der Waals surface area contributed by atoms with E-state index in [9.17, 15) is 4.79 Å². The fourth-order valence-corrected chi connectivity index (χ4v) is 4.48. The van der Waals surface area contributed by atoms with E-state index in [0.29, 0.717) is 5.82 Å². The Kier molecular flexibility index (Phi) is 3.64. The number of rotatable bonds is 2. The van der Waals surface area contributed by atoms with Gasteiger partial charge >= 0.3 is 0 Å². The van der Waals surface area contributed by atoms with Crippen molar-refractivity contribution in [1.29, 1.82) is 0 Å². The first kappa shape index (κ1) is 15.3. The number of nitrogens with one attached hydrogen (secondary N) is 1. The van der Waals surface area contributed by atoms with Crippen LogP contribution in [0.25, 0.3) is 10.3 Å². The maximum atomic E-state index is 11.7. The molecule has 0 saturated carbocycles. The molecule has 7 nitrogen and oxygen atoms in total. The predicted octanol–water partition coefficient (Wildman–Crippen LogP) is 2.11. The third-order valence-electron chi connectivity index (χ3n) is 4.52. The minimum Gasteiger partial charge on any atom is -0.347 e. The number of aromatic amines is 1. The second-order valence-corrected chi connectivity index (χ2v) is 7.38. The molecule has 3 aromatic heterocycles. The maximum Gasteiger partial charge on any atom is 0.251 e. The van der Waals surface area contributed by atoms with Gasteiger partial charge in [-0.1, -0.05) is 11.3 Å². The molecule has 1 atom stereocenters. The SMILES string of the molecule is Cc1nc([C@@H]2CCCN(c3nc4c(s3)c(C)nn4C)C2)cc(=O)[nH]1. The van der Waals surface area contributed by atoms with E-state index in [1.54, 1.807) is 17.4 Å². The zero-order chi connectivity index (χ0) is 16.8. The predicted molar refractivity (Wildman–Crippen MR) is 94.9 cm³/mol. The summed E-state index contributed by atoms with van der Waals surface area (Å²) in [5.41, 5.74) is 2.78. The van der Waals surface area contributed by atoms with Gasteiger partial charge in [-0.05, 0) is 26.7 Å². The van der Waals surface area contributed by atoms with E-state index >= 15 is 0 Å². The van der Waals surface area contributed by atoms with Crippen molar-refractivity contribution >= 4 is 26.8 Å². The molecular weight excluding hydrogens is 324 g/mol. The summed E-state index contributed by atoms with van der Waals surface area (Å²) in [6.45, 7) is 5.69. The smallest absolute Gasteiger partial charge is 0.251 e. The second kappa shape index (κ2) is 5.70. The number of hydrogen-bond donors (Lipinski definition) is 1. The standard InChI is InChI=1S/C16H20N6OS/c1-9-14-15(21(3)20-9)19-16(24-14)22-6-4-5-11(8-22)12-7-13(23)18-10(2)17-12/h7,11H,4-6,8H2,1-3H3,(H,17,18,23)/t11-/m1/s1. The largest absolute Gasteiger partial charge is 0.347 e. The average Bonchev–Trinajstić information content (AvgIpc) is 3.09. The van der Waals surface area contributed by atoms with E-state index in [-0.39, 0.29) is 11.5 Å². The Labute approximate surface area is 143 Å². The molecule has 3 aromatic rings. The van der Waals surface area contributed by atoms with Crippen LogP contribution in [0.1, 0.15) is 36.0 Å². The summed E-state index contributed by atoms with van der Waals surface area (Å²) in [7, 11) is 1.93. The van der Waals surface area contributed by atoms with Gasteiger partial charge in [0.05, 0.1) is 16.1 Å².